The van der Waals surface area contributed by atoms with E-state index in [4.69, 9.17) is 4.74 Å². The van der Waals surface area contributed by atoms with E-state index in [2.05, 4.69) is 53.5 Å². The maximum absolute atomic E-state index is 13.5. The summed E-state index contributed by atoms with van der Waals surface area (Å²) in [6, 6.07) is 2.23. The van der Waals surface area contributed by atoms with Crippen molar-refractivity contribution >= 4 is 15.9 Å². The zero-order valence-corrected chi connectivity index (χ0v) is 12.9. The van der Waals surface area contributed by atoms with Crippen LogP contribution >= 0.6 is 15.9 Å². The Morgan fingerprint density at radius 2 is 1.94 bits per heavy atom. The molecule has 1 heterocycles. The Morgan fingerprint density at radius 3 is 2.44 bits per heavy atom. The highest BCUT2D eigenvalue weighted by molar-refractivity contribution is 9.10. The Morgan fingerprint density at radius 1 is 1.33 bits per heavy atom. The number of hydrogen-bond donors (Lipinski definition) is 0. The molecule has 0 amide bonds. The first-order chi connectivity index (χ1) is 8.41. The predicted octanol–water partition coefficient (Wildman–Crippen LogP) is 3.48. The number of hydrogen-bond acceptors (Lipinski definition) is 3. The SMILES string of the molecule is CC(C)N(CCOc1ncc(Br)cc1F)C(C)C. The first-order valence-corrected chi connectivity index (χ1v) is 6.90. The molecule has 5 heteroatoms. The molecule has 1 rings (SSSR count). The molecule has 0 saturated heterocycles. The minimum atomic E-state index is -0.440. The predicted molar refractivity (Wildman–Crippen MR) is 74.4 cm³/mol. The van der Waals surface area contributed by atoms with Crippen LogP contribution in [0.4, 0.5) is 4.39 Å². The van der Waals surface area contributed by atoms with Gasteiger partial charge in [0, 0.05) is 29.3 Å². The molecule has 0 N–H and O–H groups in total. The van der Waals surface area contributed by atoms with E-state index in [0.29, 0.717) is 23.2 Å². The molecule has 0 radical (unpaired) electrons. The van der Waals surface area contributed by atoms with Crippen molar-refractivity contribution in [1.82, 2.24) is 9.88 Å². The van der Waals surface area contributed by atoms with Gasteiger partial charge < -0.3 is 4.74 Å². The first kappa shape index (κ1) is 15.4. The summed E-state index contributed by atoms with van der Waals surface area (Å²) in [6.45, 7) is 9.74. The molecule has 0 spiro atoms. The third kappa shape index (κ3) is 4.53. The van der Waals surface area contributed by atoms with Crippen molar-refractivity contribution in [2.24, 2.45) is 0 Å². The van der Waals surface area contributed by atoms with Crippen molar-refractivity contribution in [2.75, 3.05) is 13.2 Å². The Bertz CT molecular complexity index is 377. The van der Waals surface area contributed by atoms with E-state index in [1.807, 2.05) is 0 Å². The molecular formula is C13H20BrFN2O. The Hall–Kier alpha value is -0.680. The van der Waals surface area contributed by atoms with Crippen LogP contribution < -0.4 is 4.74 Å². The molecule has 0 atom stereocenters. The summed E-state index contributed by atoms with van der Waals surface area (Å²) in [5, 5.41) is 0. The highest BCUT2D eigenvalue weighted by Crippen LogP contribution is 2.18. The van der Waals surface area contributed by atoms with Crippen molar-refractivity contribution in [2.45, 2.75) is 39.8 Å². The molecule has 0 bridgehead atoms. The number of ether oxygens (including phenoxy) is 1. The molecule has 3 nitrogen and oxygen atoms in total. The van der Waals surface area contributed by atoms with Gasteiger partial charge in [-0.3, -0.25) is 4.90 Å². The van der Waals surface area contributed by atoms with E-state index in [1.165, 1.54) is 12.3 Å². The average Bonchev–Trinajstić information content (AvgIpc) is 2.25. The maximum atomic E-state index is 13.5. The molecule has 1 aromatic rings. The molecule has 0 aromatic carbocycles. The van der Waals surface area contributed by atoms with Gasteiger partial charge >= 0.3 is 0 Å². The summed E-state index contributed by atoms with van der Waals surface area (Å²) >= 11 is 3.16. The van der Waals surface area contributed by atoms with Crippen molar-refractivity contribution in [3.63, 3.8) is 0 Å². The zero-order chi connectivity index (χ0) is 13.7. The molecular weight excluding hydrogens is 299 g/mol. The lowest BCUT2D eigenvalue weighted by Gasteiger charge is -2.30. The summed E-state index contributed by atoms with van der Waals surface area (Å²) in [6.07, 6.45) is 1.53. The van der Waals surface area contributed by atoms with Crippen molar-refractivity contribution in [3.05, 3.63) is 22.6 Å². The molecule has 0 aliphatic heterocycles. The summed E-state index contributed by atoms with van der Waals surface area (Å²) < 4.78 is 19.4. The van der Waals surface area contributed by atoms with Crippen LogP contribution in [0.15, 0.2) is 16.7 Å². The fraction of sp³-hybridized carbons (Fsp3) is 0.615. The maximum Gasteiger partial charge on any atom is 0.250 e. The number of nitrogens with zero attached hydrogens (tertiary/aromatic N) is 2. The van der Waals surface area contributed by atoms with Crippen LogP contribution in [0, 0.1) is 5.82 Å². The van der Waals surface area contributed by atoms with Crippen LogP contribution in [-0.4, -0.2) is 35.1 Å². The van der Waals surface area contributed by atoms with Gasteiger partial charge in [-0.1, -0.05) is 0 Å². The fourth-order valence-electron chi connectivity index (χ4n) is 1.87. The number of rotatable bonds is 6. The second-order valence-electron chi connectivity index (χ2n) is 4.71. The van der Waals surface area contributed by atoms with Crippen LogP contribution in [0.5, 0.6) is 5.88 Å². The lowest BCUT2D eigenvalue weighted by molar-refractivity contribution is 0.138. The van der Waals surface area contributed by atoms with Gasteiger partial charge in [0.15, 0.2) is 5.82 Å². The van der Waals surface area contributed by atoms with Crippen LogP contribution in [0.25, 0.3) is 0 Å². The van der Waals surface area contributed by atoms with Crippen molar-refractivity contribution in [3.8, 4) is 5.88 Å². The van der Waals surface area contributed by atoms with E-state index in [0.717, 1.165) is 6.54 Å². The normalized spacial score (nSPS) is 11.6. The average molecular weight is 319 g/mol. The quantitative estimate of drug-likeness (QED) is 0.803. The second kappa shape index (κ2) is 7.04. The number of pyridine rings is 1. The lowest BCUT2D eigenvalue weighted by atomic mass is 10.2. The van der Waals surface area contributed by atoms with Gasteiger partial charge in [-0.2, -0.15) is 0 Å². The second-order valence-corrected chi connectivity index (χ2v) is 5.63. The highest BCUT2D eigenvalue weighted by Gasteiger charge is 2.13. The molecule has 0 aliphatic carbocycles. The van der Waals surface area contributed by atoms with Crippen LogP contribution in [0.2, 0.25) is 0 Å². The van der Waals surface area contributed by atoms with E-state index in [1.54, 1.807) is 0 Å². The summed E-state index contributed by atoms with van der Waals surface area (Å²) in [4.78, 5) is 6.19. The molecule has 0 unspecified atom stereocenters. The van der Waals surface area contributed by atoms with Crippen LogP contribution in [0.1, 0.15) is 27.7 Å². The molecule has 18 heavy (non-hydrogen) atoms. The number of aromatic nitrogens is 1. The van der Waals surface area contributed by atoms with Gasteiger partial charge in [0.2, 0.25) is 5.88 Å². The Labute approximate surface area is 116 Å². The molecule has 0 fully saturated rings. The van der Waals surface area contributed by atoms with Gasteiger partial charge in [0.25, 0.3) is 0 Å². The van der Waals surface area contributed by atoms with Gasteiger partial charge in [-0.05, 0) is 49.7 Å². The van der Waals surface area contributed by atoms with Gasteiger partial charge in [0.05, 0.1) is 0 Å². The van der Waals surface area contributed by atoms with E-state index >= 15 is 0 Å². The molecule has 102 valence electrons. The molecule has 0 aliphatic rings. The van der Waals surface area contributed by atoms with Crippen LogP contribution in [0.3, 0.4) is 0 Å². The standard InChI is InChI=1S/C13H20BrFN2O/c1-9(2)17(10(3)4)5-6-18-13-12(15)7-11(14)8-16-13/h7-10H,5-6H2,1-4H3. The number of halogens is 2. The van der Waals surface area contributed by atoms with Gasteiger partial charge in [-0.25, -0.2) is 9.37 Å². The molecule has 0 saturated carbocycles. The third-order valence-corrected chi connectivity index (χ3v) is 3.12. The Balaban J connectivity index is 2.50. The highest BCUT2D eigenvalue weighted by atomic mass is 79.9. The lowest BCUT2D eigenvalue weighted by Crippen LogP contribution is -2.39. The third-order valence-electron chi connectivity index (χ3n) is 2.69. The largest absolute Gasteiger partial charge is 0.474 e. The van der Waals surface area contributed by atoms with Crippen molar-refractivity contribution < 1.29 is 9.13 Å². The fourth-order valence-corrected chi connectivity index (χ4v) is 2.17. The monoisotopic (exact) mass is 318 g/mol. The summed E-state index contributed by atoms with van der Waals surface area (Å²) in [5.41, 5.74) is 0. The summed E-state index contributed by atoms with van der Waals surface area (Å²) in [5.74, 6) is -0.379. The van der Waals surface area contributed by atoms with Gasteiger partial charge in [0.1, 0.15) is 6.61 Å². The topological polar surface area (TPSA) is 25.4 Å². The van der Waals surface area contributed by atoms with E-state index in [-0.39, 0.29) is 5.88 Å². The molecule has 1 aromatic heterocycles. The van der Waals surface area contributed by atoms with E-state index in [9.17, 15) is 4.39 Å². The Kier molecular flexibility index (Phi) is 6.02. The summed E-state index contributed by atoms with van der Waals surface area (Å²) in [7, 11) is 0. The van der Waals surface area contributed by atoms with Gasteiger partial charge in [-0.15, -0.1) is 0 Å². The van der Waals surface area contributed by atoms with Crippen LogP contribution in [-0.2, 0) is 0 Å². The zero-order valence-electron chi connectivity index (χ0n) is 11.3. The smallest absolute Gasteiger partial charge is 0.250 e. The minimum absolute atomic E-state index is 0.0608. The van der Waals surface area contributed by atoms with E-state index < -0.39 is 5.82 Å². The van der Waals surface area contributed by atoms with Crippen molar-refractivity contribution in [1.29, 1.82) is 0 Å². The minimum Gasteiger partial charge on any atom is -0.474 e. The first-order valence-electron chi connectivity index (χ1n) is 6.11.